The van der Waals surface area contributed by atoms with Crippen LogP contribution in [0.4, 0.5) is 5.00 Å². The molecule has 0 bridgehead atoms. The van der Waals surface area contributed by atoms with Crippen LogP contribution in [0.25, 0.3) is 0 Å². The van der Waals surface area contributed by atoms with Crippen molar-refractivity contribution >= 4 is 34.2 Å². The number of aryl methyl sites for hydroxylation is 1. The molecule has 0 saturated heterocycles. The number of thiophene rings is 1. The Morgan fingerprint density at radius 3 is 2.56 bits per heavy atom. The zero-order valence-electron chi connectivity index (χ0n) is 18.7. The Morgan fingerprint density at radius 2 is 1.91 bits per heavy atom. The van der Waals surface area contributed by atoms with Crippen LogP contribution in [0.1, 0.15) is 63.7 Å². The molecule has 1 saturated carbocycles. The molecule has 0 atom stereocenters. The summed E-state index contributed by atoms with van der Waals surface area (Å²) in [6.07, 6.45) is 2.02. The average Bonchev–Trinajstić information content (AvgIpc) is 3.46. The van der Waals surface area contributed by atoms with Gasteiger partial charge in [-0.15, -0.1) is 11.3 Å². The molecule has 0 spiro atoms. The molecule has 0 aliphatic heterocycles. The quantitative estimate of drug-likeness (QED) is 0.425. The topological polar surface area (TPSA) is 130 Å². The maximum absolute atomic E-state index is 12.4. The number of rotatable bonds is 10. The molecule has 34 heavy (non-hydrogen) atoms. The van der Waals surface area contributed by atoms with E-state index >= 15 is 0 Å². The van der Waals surface area contributed by atoms with Crippen LogP contribution in [0.5, 0.6) is 5.75 Å². The number of hydrogen-bond donors (Lipinski definition) is 1. The number of ether oxygens (including phenoxy) is 3. The first kappa shape index (κ1) is 23.4. The van der Waals surface area contributed by atoms with E-state index in [1.165, 1.54) is 23.5 Å². The monoisotopic (exact) mass is 485 g/mol. The number of esters is 2. The number of hydrogen-bond acceptors (Lipinski definition) is 10. The molecule has 1 N–H and O–H groups in total. The van der Waals surface area contributed by atoms with Gasteiger partial charge in [0.1, 0.15) is 10.8 Å². The van der Waals surface area contributed by atoms with Crippen LogP contribution in [0.3, 0.4) is 0 Å². The zero-order valence-corrected chi connectivity index (χ0v) is 19.5. The summed E-state index contributed by atoms with van der Waals surface area (Å²) < 4.78 is 20.7. The third-order valence-corrected chi connectivity index (χ3v) is 5.84. The van der Waals surface area contributed by atoms with E-state index in [0.717, 1.165) is 18.4 Å². The lowest BCUT2D eigenvalue weighted by atomic mass is 10.1. The van der Waals surface area contributed by atoms with Crippen molar-refractivity contribution in [3.05, 3.63) is 58.1 Å². The third-order valence-electron chi connectivity index (χ3n) is 4.93. The lowest BCUT2D eigenvalue weighted by Crippen LogP contribution is -2.22. The first-order chi connectivity index (χ1) is 16.4. The molecule has 1 amide bonds. The van der Waals surface area contributed by atoms with E-state index < -0.39 is 24.5 Å². The summed E-state index contributed by atoms with van der Waals surface area (Å²) in [5, 5.41) is 8.67. The van der Waals surface area contributed by atoms with Gasteiger partial charge in [-0.25, -0.2) is 9.59 Å². The van der Waals surface area contributed by atoms with Gasteiger partial charge in [-0.3, -0.25) is 4.79 Å². The number of benzene rings is 1. The zero-order chi connectivity index (χ0) is 24.1. The van der Waals surface area contributed by atoms with Gasteiger partial charge >= 0.3 is 11.9 Å². The summed E-state index contributed by atoms with van der Waals surface area (Å²) in [6, 6.07) is 6.24. The van der Waals surface area contributed by atoms with Gasteiger partial charge < -0.3 is 24.1 Å². The van der Waals surface area contributed by atoms with Crippen LogP contribution in [0, 0.1) is 6.92 Å². The molecule has 1 aliphatic rings. The molecule has 3 aromatic rings. The van der Waals surface area contributed by atoms with Gasteiger partial charge in [-0.1, -0.05) is 5.16 Å². The summed E-state index contributed by atoms with van der Waals surface area (Å²) in [6.45, 7) is 3.28. The van der Waals surface area contributed by atoms with Crippen molar-refractivity contribution in [2.24, 2.45) is 0 Å². The highest BCUT2D eigenvalue weighted by molar-refractivity contribution is 7.15. The van der Waals surface area contributed by atoms with E-state index in [-0.39, 0.29) is 18.8 Å². The molecule has 1 aromatic carbocycles. The highest BCUT2D eigenvalue weighted by Crippen LogP contribution is 2.46. The molecule has 11 heteroatoms. The van der Waals surface area contributed by atoms with E-state index in [2.05, 4.69) is 15.5 Å². The Morgan fingerprint density at radius 1 is 1.15 bits per heavy atom. The van der Waals surface area contributed by atoms with Crippen LogP contribution in [0.15, 0.2) is 34.2 Å². The molecule has 0 unspecified atom stereocenters. The molecule has 178 valence electrons. The highest BCUT2D eigenvalue weighted by atomic mass is 32.1. The van der Waals surface area contributed by atoms with Crippen molar-refractivity contribution in [3.8, 4) is 5.75 Å². The van der Waals surface area contributed by atoms with E-state index in [9.17, 15) is 14.4 Å². The number of nitrogens with one attached hydrogen (secondary N) is 1. The molecule has 2 heterocycles. The van der Waals surface area contributed by atoms with E-state index in [0.29, 0.717) is 33.9 Å². The summed E-state index contributed by atoms with van der Waals surface area (Å²) >= 11 is 1.26. The van der Waals surface area contributed by atoms with Crippen LogP contribution in [0.2, 0.25) is 0 Å². The normalized spacial score (nSPS) is 12.8. The first-order valence-electron chi connectivity index (χ1n) is 10.7. The van der Waals surface area contributed by atoms with Gasteiger partial charge in [0.25, 0.3) is 5.91 Å². The summed E-state index contributed by atoms with van der Waals surface area (Å²) in [4.78, 5) is 41.1. The van der Waals surface area contributed by atoms with Crippen molar-refractivity contribution in [2.75, 3.05) is 18.5 Å². The first-order valence-corrected chi connectivity index (χ1v) is 11.6. The smallest absolute Gasteiger partial charge is 0.341 e. The summed E-state index contributed by atoms with van der Waals surface area (Å²) in [7, 11) is 0. The lowest BCUT2D eigenvalue weighted by Gasteiger charge is -2.09. The third kappa shape index (κ3) is 5.79. The number of carbonyl (C=O) groups is 3. The number of carbonyl (C=O) groups excluding carboxylic acids is 3. The van der Waals surface area contributed by atoms with Crippen LogP contribution in [-0.4, -0.2) is 41.2 Å². The van der Waals surface area contributed by atoms with Crippen LogP contribution < -0.4 is 10.1 Å². The molecule has 0 radical (unpaired) electrons. The van der Waals surface area contributed by atoms with Crippen molar-refractivity contribution in [2.45, 2.75) is 39.2 Å². The van der Waals surface area contributed by atoms with Crippen LogP contribution >= 0.6 is 11.3 Å². The fourth-order valence-electron chi connectivity index (χ4n) is 3.18. The van der Waals surface area contributed by atoms with Crippen molar-refractivity contribution < 1.29 is 33.1 Å². The fourth-order valence-corrected chi connectivity index (χ4v) is 4.23. The van der Waals surface area contributed by atoms with E-state index in [4.69, 9.17) is 18.7 Å². The number of anilines is 1. The molecular formula is C23H23N3O7S. The second-order valence-electron chi connectivity index (χ2n) is 7.56. The summed E-state index contributed by atoms with van der Waals surface area (Å²) in [5.74, 6) is 0.0161. The Labute approximate surface area is 199 Å². The molecule has 1 fully saturated rings. The van der Waals surface area contributed by atoms with Crippen molar-refractivity contribution in [3.63, 3.8) is 0 Å². The van der Waals surface area contributed by atoms with Crippen molar-refractivity contribution in [1.82, 2.24) is 10.1 Å². The van der Waals surface area contributed by atoms with E-state index in [1.54, 1.807) is 26.0 Å². The van der Waals surface area contributed by atoms with Gasteiger partial charge in [0.15, 0.2) is 13.2 Å². The molecule has 10 nitrogen and oxygen atoms in total. The van der Waals surface area contributed by atoms with E-state index in [1.807, 2.05) is 5.38 Å². The van der Waals surface area contributed by atoms with Crippen LogP contribution in [-0.2, 0) is 20.9 Å². The Bertz CT molecular complexity index is 1180. The van der Waals surface area contributed by atoms with Gasteiger partial charge in [0.05, 0.1) is 17.7 Å². The van der Waals surface area contributed by atoms with Gasteiger partial charge in [0, 0.05) is 6.92 Å². The minimum absolute atomic E-state index is 0.125. The molecular weight excluding hydrogens is 462 g/mol. The minimum Gasteiger partial charge on any atom is -0.485 e. The Kier molecular flexibility index (Phi) is 7.21. The van der Waals surface area contributed by atoms with Gasteiger partial charge in [-0.2, -0.15) is 4.98 Å². The van der Waals surface area contributed by atoms with Gasteiger partial charge in [0.2, 0.25) is 11.7 Å². The van der Waals surface area contributed by atoms with Gasteiger partial charge in [-0.05, 0) is 60.9 Å². The number of amides is 1. The number of aromatic nitrogens is 2. The number of nitrogens with zero attached hydrogens (tertiary/aromatic N) is 2. The highest BCUT2D eigenvalue weighted by Gasteiger charge is 2.32. The SMILES string of the molecule is CCOC(=O)c1c(C2CC2)csc1NC(=O)COC(=O)c1ccc(OCc2noc(C)n2)cc1. The fraction of sp³-hybridized carbons (Fsp3) is 0.348. The standard InChI is InChI=1S/C23H23N3O7S/c1-3-30-23(29)20-17(14-4-5-14)12-34-21(20)25-19(27)11-32-22(28)15-6-8-16(9-7-15)31-10-18-24-13(2)33-26-18/h6-9,12,14H,3-5,10-11H2,1-2H3,(H,25,27). The molecule has 1 aliphatic carbocycles. The predicted octanol–water partition coefficient (Wildman–Crippen LogP) is 3.87. The van der Waals surface area contributed by atoms with Crippen molar-refractivity contribution in [1.29, 1.82) is 0 Å². The molecule has 4 rings (SSSR count). The summed E-state index contributed by atoms with van der Waals surface area (Å²) in [5.41, 5.74) is 1.54. The predicted molar refractivity (Wildman–Crippen MR) is 121 cm³/mol. The molecule has 2 aromatic heterocycles. The lowest BCUT2D eigenvalue weighted by molar-refractivity contribution is -0.119. The Balaban J connectivity index is 1.29. The second-order valence-corrected chi connectivity index (χ2v) is 8.44. The average molecular weight is 486 g/mol. The maximum Gasteiger partial charge on any atom is 0.341 e. The minimum atomic E-state index is -0.661. The second kappa shape index (κ2) is 10.5. The maximum atomic E-state index is 12.4. The Hall–Kier alpha value is -3.73. The largest absolute Gasteiger partial charge is 0.485 e.